The number of unbranched alkanes of at least 4 members (excludes halogenated alkanes) is 1. The summed E-state index contributed by atoms with van der Waals surface area (Å²) in [6.45, 7) is 3.11. The summed E-state index contributed by atoms with van der Waals surface area (Å²) in [5.41, 5.74) is 0.898. The SMILES string of the molecule is CCCCOCc1cc2ccccc2oc1=O. The maximum absolute atomic E-state index is 11.7. The molecule has 2 rings (SSSR count). The average molecular weight is 232 g/mol. The van der Waals surface area contributed by atoms with Crippen LogP contribution in [-0.4, -0.2) is 6.61 Å². The van der Waals surface area contributed by atoms with Crippen LogP contribution in [0.4, 0.5) is 0 Å². The summed E-state index contributed by atoms with van der Waals surface area (Å²) in [4.78, 5) is 11.7. The van der Waals surface area contributed by atoms with E-state index in [4.69, 9.17) is 9.15 Å². The molecule has 17 heavy (non-hydrogen) atoms. The standard InChI is InChI=1S/C14H16O3/c1-2-3-8-16-10-12-9-11-6-4-5-7-13(11)17-14(12)15/h4-7,9H,2-3,8,10H2,1H3. The lowest BCUT2D eigenvalue weighted by atomic mass is 10.2. The second-order valence-corrected chi connectivity index (χ2v) is 4.00. The van der Waals surface area contributed by atoms with Crippen molar-refractivity contribution in [2.45, 2.75) is 26.4 Å². The van der Waals surface area contributed by atoms with Crippen LogP contribution in [0, 0.1) is 0 Å². The van der Waals surface area contributed by atoms with Crippen molar-refractivity contribution in [2.24, 2.45) is 0 Å². The molecule has 90 valence electrons. The van der Waals surface area contributed by atoms with Gasteiger partial charge in [-0.3, -0.25) is 0 Å². The zero-order valence-corrected chi connectivity index (χ0v) is 9.94. The number of fused-ring (bicyclic) bond motifs is 1. The van der Waals surface area contributed by atoms with Gasteiger partial charge in [-0.2, -0.15) is 0 Å². The Hall–Kier alpha value is -1.61. The zero-order valence-electron chi connectivity index (χ0n) is 9.94. The molecule has 0 unspecified atom stereocenters. The van der Waals surface area contributed by atoms with Crippen molar-refractivity contribution in [2.75, 3.05) is 6.61 Å². The number of hydrogen-bond acceptors (Lipinski definition) is 3. The molecule has 1 aromatic carbocycles. The first-order valence-corrected chi connectivity index (χ1v) is 5.91. The Balaban J connectivity index is 2.17. The number of benzene rings is 1. The summed E-state index contributed by atoms with van der Waals surface area (Å²) in [6.07, 6.45) is 2.10. The molecular weight excluding hydrogens is 216 g/mol. The first-order chi connectivity index (χ1) is 8.31. The Morgan fingerprint density at radius 2 is 2.12 bits per heavy atom. The summed E-state index contributed by atoms with van der Waals surface area (Å²) < 4.78 is 10.6. The van der Waals surface area contributed by atoms with Crippen molar-refractivity contribution in [3.63, 3.8) is 0 Å². The van der Waals surface area contributed by atoms with E-state index in [1.807, 2.05) is 24.3 Å². The number of ether oxygens (including phenoxy) is 1. The van der Waals surface area contributed by atoms with E-state index in [2.05, 4.69) is 6.92 Å². The number of para-hydroxylation sites is 1. The molecule has 0 radical (unpaired) electrons. The third-order valence-electron chi connectivity index (χ3n) is 2.61. The lowest BCUT2D eigenvalue weighted by molar-refractivity contribution is 0.116. The van der Waals surface area contributed by atoms with Gasteiger partial charge in [0.1, 0.15) is 5.58 Å². The van der Waals surface area contributed by atoms with E-state index >= 15 is 0 Å². The predicted octanol–water partition coefficient (Wildman–Crippen LogP) is 3.11. The van der Waals surface area contributed by atoms with Gasteiger partial charge in [0.05, 0.1) is 12.2 Å². The molecule has 2 aromatic rings. The van der Waals surface area contributed by atoms with Crippen molar-refractivity contribution in [1.82, 2.24) is 0 Å². The van der Waals surface area contributed by atoms with Gasteiger partial charge in [0.25, 0.3) is 0 Å². The molecule has 0 bridgehead atoms. The smallest absolute Gasteiger partial charge is 0.341 e. The summed E-state index contributed by atoms with van der Waals surface area (Å²) in [7, 11) is 0. The second-order valence-electron chi connectivity index (χ2n) is 4.00. The zero-order chi connectivity index (χ0) is 12.1. The third kappa shape index (κ3) is 2.94. The molecule has 0 spiro atoms. The predicted molar refractivity (Wildman–Crippen MR) is 67.0 cm³/mol. The monoisotopic (exact) mass is 232 g/mol. The second kappa shape index (κ2) is 5.64. The maximum atomic E-state index is 11.7. The van der Waals surface area contributed by atoms with Gasteiger partial charge in [0.2, 0.25) is 0 Å². The molecule has 0 N–H and O–H groups in total. The molecule has 0 aliphatic carbocycles. The van der Waals surface area contributed by atoms with E-state index in [1.54, 1.807) is 6.07 Å². The molecular formula is C14H16O3. The Morgan fingerprint density at radius 1 is 1.29 bits per heavy atom. The first-order valence-electron chi connectivity index (χ1n) is 5.91. The molecule has 0 aliphatic rings. The highest BCUT2D eigenvalue weighted by Crippen LogP contribution is 2.12. The molecule has 0 fully saturated rings. The van der Waals surface area contributed by atoms with Crippen LogP contribution in [0.3, 0.4) is 0 Å². The number of rotatable bonds is 5. The minimum atomic E-state index is -0.305. The van der Waals surface area contributed by atoms with Crippen molar-refractivity contribution in [3.05, 3.63) is 46.3 Å². The summed E-state index contributed by atoms with van der Waals surface area (Å²) in [5, 5.41) is 0.932. The maximum Gasteiger partial charge on any atom is 0.341 e. The highest BCUT2D eigenvalue weighted by molar-refractivity contribution is 5.76. The Labute approximate surface area is 100 Å². The van der Waals surface area contributed by atoms with Gasteiger partial charge in [-0.25, -0.2) is 4.79 Å². The van der Waals surface area contributed by atoms with E-state index < -0.39 is 0 Å². The van der Waals surface area contributed by atoms with Crippen molar-refractivity contribution in [3.8, 4) is 0 Å². The van der Waals surface area contributed by atoms with Crippen molar-refractivity contribution in [1.29, 1.82) is 0 Å². The van der Waals surface area contributed by atoms with Gasteiger partial charge in [-0.15, -0.1) is 0 Å². The van der Waals surface area contributed by atoms with Gasteiger partial charge in [-0.1, -0.05) is 31.5 Å². The Bertz CT molecular complexity index is 542. The summed E-state index contributed by atoms with van der Waals surface area (Å²) >= 11 is 0. The molecule has 1 heterocycles. The Morgan fingerprint density at radius 3 is 2.94 bits per heavy atom. The van der Waals surface area contributed by atoms with E-state index in [1.165, 1.54) is 0 Å². The number of hydrogen-bond donors (Lipinski definition) is 0. The molecule has 0 saturated carbocycles. The van der Waals surface area contributed by atoms with Crippen LogP contribution in [0.15, 0.2) is 39.5 Å². The van der Waals surface area contributed by atoms with Crippen LogP contribution in [0.25, 0.3) is 11.0 Å². The van der Waals surface area contributed by atoms with Gasteiger partial charge < -0.3 is 9.15 Å². The average Bonchev–Trinajstić information content (AvgIpc) is 2.35. The molecule has 3 heteroatoms. The van der Waals surface area contributed by atoms with E-state index in [-0.39, 0.29) is 5.63 Å². The van der Waals surface area contributed by atoms with Gasteiger partial charge in [0.15, 0.2) is 0 Å². The van der Waals surface area contributed by atoms with E-state index in [0.717, 1.165) is 18.2 Å². The fourth-order valence-corrected chi connectivity index (χ4v) is 1.63. The highest BCUT2D eigenvalue weighted by atomic mass is 16.5. The summed E-state index contributed by atoms with van der Waals surface area (Å²) in [6, 6.07) is 9.33. The van der Waals surface area contributed by atoms with E-state index in [9.17, 15) is 4.79 Å². The van der Waals surface area contributed by atoms with Gasteiger partial charge in [0, 0.05) is 12.0 Å². The molecule has 3 nitrogen and oxygen atoms in total. The summed E-state index contributed by atoms with van der Waals surface area (Å²) in [5.74, 6) is 0. The minimum Gasteiger partial charge on any atom is -0.422 e. The fraction of sp³-hybridized carbons (Fsp3) is 0.357. The van der Waals surface area contributed by atoms with Crippen LogP contribution in [0.2, 0.25) is 0 Å². The van der Waals surface area contributed by atoms with Crippen LogP contribution in [0.1, 0.15) is 25.3 Å². The van der Waals surface area contributed by atoms with E-state index in [0.29, 0.717) is 24.4 Å². The highest BCUT2D eigenvalue weighted by Gasteiger charge is 2.04. The topological polar surface area (TPSA) is 39.4 Å². The lowest BCUT2D eigenvalue weighted by Crippen LogP contribution is -2.09. The molecule has 0 saturated heterocycles. The largest absolute Gasteiger partial charge is 0.422 e. The quantitative estimate of drug-likeness (QED) is 0.587. The van der Waals surface area contributed by atoms with Crippen molar-refractivity contribution >= 4 is 11.0 Å². The Kier molecular flexibility index (Phi) is 3.94. The van der Waals surface area contributed by atoms with Crippen LogP contribution < -0.4 is 5.63 Å². The normalized spacial score (nSPS) is 10.9. The first kappa shape index (κ1) is 11.9. The van der Waals surface area contributed by atoms with Crippen LogP contribution >= 0.6 is 0 Å². The van der Waals surface area contributed by atoms with Crippen LogP contribution in [0.5, 0.6) is 0 Å². The van der Waals surface area contributed by atoms with Crippen molar-refractivity contribution < 1.29 is 9.15 Å². The third-order valence-corrected chi connectivity index (χ3v) is 2.61. The fourth-order valence-electron chi connectivity index (χ4n) is 1.63. The van der Waals surface area contributed by atoms with Crippen LogP contribution in [-0.2, 0) is 11.3 Å². The molecule has 0 atom stereocenters. The van der Waals surface area contributed by atoms with Gasteiger partial charge in [-0.05, 0) is 18.6 Å². The molecule has 0 amide bonds. The minimum absolute atomic E-state index is 0.305. The van der Waals surface area contributed by atoms with Gasteiger partial charge >= 0.3 is 5.63 Å². The lowest BCUT2D eigenvalue weighted by Gasteiger charge is -2.03. The molecule has 1 aromatic heterocycles. The molecule has 0 aliphatic heterocycles.